The lowest BCUT2D eigenvalue weighted by molar-refractivity contribution is 0.0889. The molecule has 3 nitrogen and oxygen atoms in total. The van der Waals surface area contributed by atoms with Crippen molar-refractivity contribution in [2.24, 2.45) is 0 Å². The minimum absolute atomic E-state index is 0.798. The first-order chi connectivity index (χ1) is 14.3. The lowest BCUT2D eigenvalue weighted by Gasteiger charge is -2.16. The maximum atomic E-state index is 5.80. The number of hydrogen-bond acceptors (Lipinski definition) is 3. The SMILES string of the molecule is CCCCCO[SiH](OCCCCC)OCCCCC.c1ccc2ccccc2c1. The van der Waals surface area contributed by atoms with Crippen LogP contribution >= 0.6 is 0 Å². The fraction of sp³-hybridized carbons (Fsp3) is 0.600. The van der Waals surface area contributed by atoms with E-state index in [1.165, 1.54) is 49.3 Å². The molecule has 2 rings (SSSR count). The summed E-state index contributed by atoms with van der Waals surface area (Å²) in [6.07, 6.45) is 10.7. The van der Waals surface area contributed by atoms with Gasteiger partial charge in [-0.05, 0) is 30.0 Å². The van der Waals surface area contributed by atoms with Crippen molar-refractivity contribution in [1.82, 2.24) is 0 Å². The largest absolute Gasteiger partial charge is 0.484 e. The van der Waals surface area contributed by atoms with Gasteiger partial charge in [0.1, 0.15) is 0 Å². The zero-order chi connectivity index (χ0) is 21.0. The molecule has 0 saturated carbocycles. The van der Waals surface area contributed by atoms with Crippen LogP contribution in [0.3, 0.4) is 0 Å². The highest BCUT2D eigenvalue weighted by molar-refractivity contribution is 6.36. The van der Waals surface area contributed by atoms with Crippen LogP contribution in [0, 0.1) is 0 Å². The van der Waals surface area contributed by atoms with E-state index in [1.807, 2.05) is 0 Å². The summed E-state index contributed by atoms with van der Waals surface area (Å²) in [5.41, 5.74) is 0. The topological polar surface area (TPSA) is 27.7 Å². The molecule has 0 aliphatic rings. The predicted octanol–water partition coefficient (Wildman–Crippen LogP) is 7.16. The van der Waals surface area contributed by atoms with E-state index in [4.69, 9.17) is 13.3 Å². The maximum absolute atomic E-state index is 5.80. The standard InChI is InChI=1S/C15H34O3Si.C10H8/c1-4-7-10-13-16-19(17-14-11-8-5-2)18-15-12-9-6-3;1-2-6-10-8-4-3-7-9(10)5-1/h19H,4-15H2,1-3H3;1-8H. The Bertz CT molecular complexity index is 511. The van der Waals surface area contributed by atoms with Crippen molar-refractivity contribution in [3.8, 4) is 0 Å². The molecule has 0 N–H and O–H groups in total. The molecule has 0 spiro atoms. The Labute approximate surface area is 180 Å². The Kier molecular flexibility index (Phi) is 16.7. The first-order valence-corrected chi connectivity index (χ1v) is 13.0. The third-order valence-electron chi connectivity index (χ3n) is 4.66. The molecule has 2 aromatic rings. The summed E-state index contributed by atoms with van der Waals surface area (Å²) in [5.74, 6) is 0. The van der Waals surface area contributed by atoms with E-state index < -0.39 is 9.53 Å². The highest BCUT2D eigenvalue weighted by Crippen LogP contribution is 2.11. The van der Waals surface area contributed by atoms with Crippen molar-refractivity contribution in [2.45, 2.75) is 78.6 Å². The molecule has 0 atom stereocenters. The van der Waals surface area contributed by atoms with E-state index in [9.17, 15) is 0 Å². The molecular weight excluding hydrogens is 376 g/mol. The van der Waals surface area contributed by atoms with Gasteiger partial charge in [-0.15, -0.1) is 0 Å². The molecule has 4 heteroatoms. The Morgan fingerprint density at radius 1 is 0.517 bits per heavy atom. The zero-order valence-corrected chi connectivity index (χ0v) is 20.1. The monoisotopic (exact) mass is 418 g/mol. The van der Waals surface area contributed by atoms with Crippen LogP contribution in [0.15, 0.2) is 48.5 Å². The molecule has 0 aliphatic heterocycles. The summed E-state index contributed by atoms with van der Waals surface area (Å²) in [7, 11) is -1.86. The van der Waals surface area contributed by atoms with Crippen molar-refractivity contribution in [2.75, 3.05) is 19.8 Å². The van der Waals surface area contributed by atoms with Gasteiger partial charge in [-0.1, -0.05) is 108 Å². The van der Waals surface area contributed by atoms with Gasteiger partial charge in [-0.3, -0.25) is 0 Å². The zero-order valence-electron chi connectivity index (χ0n) is 18.9. The van der Waals surface area contributed by atoms with Crippen molar-refractivity contribution >= 4 is 20.3 Å². The second-order valence-electron chi connectivity index (χ2n) is 7.37. The highest BCUT2D eigenvalue weighted by atomic mass is 28.3. The van der Waals surface area contributed by atoms with E-state index in [2.05, 4.69) is 69.3 Å². The molecule has 164 valence electrons. The van der Waals surface area contributed by atoms with Gasteiger partial charge in [0, 0.05) is 19.8 Å². The van der Waals surface area contributed by atoms with Crippen molar-refractivity contribution in [3.05, 3.63) is 48.5 Å². The molecule has 0 bridgehead atoms. The molecule has 0 radical (unpaired) electrons. The molecule has 0 aliphatic carbocycles. The first kappa shape index (κ1) is 25.8. The van der Waals surface area contributed by atoms with E-state index in [0.717, 1.165) is 39.1 Å². The average molecular weight is 419 g/mol. The molecule has 0 fully saturated rings. The van der Waals surface area contributed by atoms with Gasteiger partial charge < -0.3 is 13.3 Å². The summed E-state index contributed by atoms with van der Waals surface area (Å²) in [6.45, 7) is 9.01. The van der Waals surface area contributed by atoms with Gasteiger partial charge >= 0.3 is 9.53 Å². The average Bonchev–Trinajstić information content (AvgIpc) is 2.77. The summed E-state index contributed by atoms with van der Waals surface area (Å²) in [4.78, 5) is 0. The van der Waals surface area contributed by atoms with Crippen molar-refractivity contribution in [1.29, 1.82) is 0 Å². The lowest BCUT2D eigenvalue weighted by Crippen LogP contribution is -2.28. The second-order valence-corrected chi connectivity index (χ2v) is 8.95. The van der Waals surface area contributed by atoms with Crippen LogP contribution < -0.4 is 0 Å². The van der Waals surface area contributed by atoms with Crippen molar-refractivity contribution < 1.29 is 13.3 Å². The van der Waals surface area contributed by atoms with Crippen LogP contribution in [-0.4, -0.2) is 29.3 Å². The van der Waals surface area contributed by atoms with Crippen LogP contribution in [0.4, 0.5) is 0 Å². The molecule has 0 saturated heterocycles. The fourth-order valence-corrected chi connectivity index (χ4v) is 4.24. The van der Waals surface area contributed by atoms with E-state index in [0.29, 0.717) is 0 Å². The summed E-state index contributed by atoms with van der Waals surface area (Å²) < 4.78 is 17.4. The number of unbranched alkanes of at least 4 members (excludes halogenated alkanes) is 6. The van der Waals surface area contributed by atoms with Gasteiger partial charge in [0.05, 0.1) is 0 Å². The van der Waals surface area contributed by atoms with Crippen LogP contribution in [0.1, 0.15) is 78.6 Å². The Morgan fingerprint density at radius 2 is 0.828 bits per heavy atom. The van der Waals surface area contributed by atoms with Crippen LogP contribution in [0.25, 0.3) is 10.8 Å². The number of hydrogen-bond donors (Lipinski definition) is 0. The molecule has 0 aromatic heterocycles. The number of fused-ring (bicyclic) bond motifs is 1. The van der Waals surface area contributed by atoms with E-state index in [1.54, 1.807) is 0 Å². The second kappa shape index (κ2) is 18.8. The lowest BCUT2D eigenvalue weighted by atomic mass is 10.1. The minimum atomic E-state index is -1.86. The summed E-state index contributed by atoms with van der Waals surface area (Å²) >= 11 is 0. The minimum Gasteiger partial charge on any atom is -0.376 e. The quantitative estimate of drug-likeness (QED) is 0.227. The van der Waals surface area contributed by atoms with Crippen molar-refractivity contribution in [3.63, 3.8) is 0 Å². The summed E-state index contributed by atoms with van der Waals surface area (Å²) in [6, 6.07) is 16.7. The number of benzene rings is 2. The van der Waals surface area contributed by atoms with E-state index >= 15 is 0 Å². The summed E-state index contributed by atoms with van der Waals surface area (Å²) in [5, 5.41) is 2.62. The molecule has 0 unspecified atom stereocenters. The third-order valence-corrected chi connectivity index (χ3v) is 6.19. The molecule has 0 heterocycles. The fourth-order valence-electron chi connectivity index (χ4n) is 2.87. The number of rotatable bonds is 15. The van der Waals surface area contributed by atoms with Gasteiger partial charge in [-0.2, -0.15) is 0 Å². The maximum Gasteiger partial charge on any atom is 0.484 e. The van der Waals surface area contributed by atoms with E-state index in [-0.39, 0.29) is 0 Å². The molecule has 0 amide bonds. The van der Waals surface area contributed by atoms with Gasteiger partial charge in [0.15, 0.2) is 0 Å². The predicted molar refractivity (Wildman–Crippen MR) is 128 cm³/mol. The van der Waals surface area contributed by atoms with Crippen LogP contribution in [0.5, 0.6) is 0 Å². The van der Waals surface area contributed by atoms with Crippen LogP contribution in [0.2, 0.25) is 0 Å². The molecular formula is C25H42O3Si. The van der Waals surface area contributed by atoms with Gasteiger partial charge in [0.25, 0.3) is 0 Å². The normalized spacial score (nSPS) is 10.9. The smallest absolute Gasteiger partial charge is 0.376 e. The molecule has 2 aromatic carbocycles. The third kappa shape index (κ3) is 13.6. The Balaban J connectivity index is 0.000000345. The highest BCUT2D eigenvalue weighted by Gasteiger charge is 2.14. The molecule has 29 heavy (non-hydrogen) atoms. The first-order valence-electron chi connectivity index (χ1n) is 11.6. The van der Waals surface area contributed by atoms with Crippen LogP contribution in [-0.2, 0) is 13.3 Å². The Hall–Kier alpha value is -1.20. The van der Waals surface area contributed by atoms with Gasteiger partial charge in [0.2, 0.25) is 0 Å². The van der Waals surface area contributed by atoms with Gasteiger partial charge in [-0.25, -0.2) is 0 Å². The Morgan fingerprint density at radius 3 is 1.10 bits per heavy atom.